The van der Waals surface area contributed by atoms with Crippen molar-refractivity contribution in [2.75, 3.05) is 25.5 Å². The van der Waals surface area contributed by atoms with Gasteiger partial charge in [-0.3, -0.25) is 0 Å². The van der Waals surface area contributed by atoms with E-state index >= 15 is 0 Å². The van der Waals surface area contributed by atoms with Crippen molar-refractivity contribution < 1.29 is 9.47 Å². The van der Waals surface area contributed by atoms with Gasteiger partial charge in [0.25, 0.3) is 0 Å². The molecule has 1 fully saturated rings. The van der Waals surface area contributed by atoms with Crippen LogP contribution < -0.4 is 20.1 Å². The van der Waals surface area contributed by atoms with Crippen LogP contribution in [0.2, 0.25) is 0 Å². The molecule has 0 amide bonds. The van der Waals surface area contributed by atoms with Gasteiger partial charge in [0.05, 0.1) is 19.3 Å². The van der Waals surface area contributed by atoms with E-state index in [9.17, 15) is 0 Å². The Kier molecular flexibility index (Phi) is 6.03. The lowest BCUT2D eigenvalue weighted by molar-refractivity contribution is 0.149. The van der Waals surface area contributed by atoms with Crippen LogP contribution in [-0.2, 0) is 0 Å². The lowest BCUT2D eigenvalue weighted by atomic mass is 10.1. The number of para-hydroxylation sites is 1. The maximum absolute atomic E-state index is 6.17. The molecule has 1 saturated heterocycles. The van der Waals surface area contributed by atoms with Gasteiger partial charge < -0.3 is 20.1 Å². The molecule has 30 heavy (non-hydrogen) atoms. The molecule has 1 aromatic carbocycles. The monoisotopic (exact) mass is 410 g/mol. The van der Waals surface area contributed by atoms with Crippen molar-refractivity contribution >= 4 is 11.6 Å². The molecular weight excluding hydrogens is 380 g/mol. The van der Waals surface area contributed by atoms with Crippen molar-refractivity contribution in [1.29, 1.82) is 0 Å². The van der Waals surface area contributed by atoms with Crippen LogP contribution in [0.15, 0.2) is 30.5 Å². The lowest BCUT2D eigenvalue weighted by Crippen LogP contribution is -2.34. The fraction of sp³-hybridized carbons (Fsp3) is 0.500. The number of nitrogens with zero attached hydrogens (tertiary/aromatic N) is 4. The Bertz CT molecular complexity index is 996. The standard InChI is InChI=1S/C22H30N6O2/c1-14(2)18-13-24-28-20(18)26-22(30-16-9-11-23-12-10-16)27-21(28)25-15(3)17-7-5-6-8-19(17)29-4/h5-8,13-16,23H,9-12H2,1-4H3,(H,25,26,27)/t15-/m0/s1. The Hall–Kier alpha value is -2.87. The smallest absolute Gasteiger partial charge is 0.322 e. The average molecular weight is 411 g/mol. The summed E-state index contributed by atoms with van der Waals surface area (Å²) in [5.74, 6) is 1.73. The maximum atomic E-state index is 6.17. The van der Waals surface area contributed by atoms with E-state index in [0.29, 0.717) is 17.9 Å². The van der Waals surface area contributed by atoms with Crippen LogP contribution in [0, 0.1) is 0 Å². The Balaban J connectivity index is 1.69. The number of nitrogens with one attached hydrogen (secondary N) is 2. The zero-order chi connectivity index (χ0) is 21.1. The minimum absolute atomic E-state index is 0.0438. The van der Waals surface area contributed by atoms with Gasteiger partial charge >= 0.3 is 6.01 Å². The average Bonchev–Trinajstić information content (AvgIpc) is 3.19. The topological polar surface area (TPSA) is 85.6 Å². The van der Waals surface area contributed by atoms with E-state index in [-0.39, 0.29) is 12.1 Å². The summed E-state index contributed by atoms with van der Waals surface area (Å²) >= 11 is 0. The van der Waals surface area contributed by atoms with Crippen LogP contribution in [0.3, 0.4) is 0 Å². The summed E-state index contributed by atoms with van der Waals surface area (Å²) in [6.07, 6.45) is 3.89. The third-order valence-corrected chi connectivity index (χ3v) is 5.51. The molecule has 3 aromatic rings. The van der Waals surface area contributed by atoms with E-state index in [1.165, 1.54) is 0 Å². The highest BCUT2D eigenvalue weighted by Crippen LogP contribution is 2.29. The molecular formula is C22H30N6O2. The second-order valence-corrected chi connectivity index (χ2v) is 7.99. The van der Waals surface area contributed by atoms with Gasteiger partial charge in [0.1, 0.15) is 11.9 Å². The number of benzene rings is 1. The van der Waals surface area contributed by atoms with E-state index < -0.39 is 0 Å². The van der Waals surface area contributed by atoms with Crippen molar-refractivity contribution in [3.63, 3.8) is 0 Å². The number of hydrogen-bond donors (Lipinski definition) is 2. The Morgan fingerprint density at radius 3 is 2.60 bits per heavy atom. The first-order valence-corrected chi connectivity index (χ1v) is 10.6. The molecule has 0 spiro atoms. The molecule has 1 aliphatic rings. The molecule has 8 heteroatoms. The number of hydrogen-bond acceptors (Lipinski definition) is 7. The molecule has 0 radical (unpaired) electrons. The quantitative estimate of drug-likeness (QED) is 0.616. The van der Waals surface area contributed by atoms with Gasteiger partial charge in [-0.05, 0) is 44.8 Å². The van der Waals surface area contributed by atoms with Crippen LogP contribution in [0.25, 0.3) is 5.65 Å². The van der Waals surface area contributed by atoms with Crippen LogP contribution in [0.4, 0.5) is 5.95 Å². The lowest BCUT2D eigenvalue weighted by Gasteiger charge is -2.23. The maximum Gasteiger partial charge on any atom is 0.322 e. The predicted molar refractivity (Wildman–Crippen MR) is 116 cm³/mol. The largest absolute Gasteiger partial charge is 0.496 e. The zero-order valence-electron chi connectivity index (χ0n) is 18.1. The summed E-state index contributed by atoms with van der Waals surface area (Å²) in [5, 5.41) is 11.4. The summed E-state index contributed by atoms with van der Waals surface area (Å²) < 4.78 is 13.5. The van der Waals surface area contributed by atoms with Crippen molar-refractivity contribution in [2.24, 2.45) is 0 Å². The predicted octanol–water partition coefficient (Wildman–Crippen LogP) is 3.56. The number of ether oxygens (including phenoxy) is 2. The van der Waals surface area contributed by atoms with Crippen LogP contribution in [0.1, 0.15) is 56.7 Å². The molecule has 8 nitrogen and oxygen atoms in total. The third kappa shape index (κ3) is 4.18. The van der Waals surface area contributed by atoms with Gasteiger partial charge in [0.2, 0.25) is 5.95 Å². The number of methoxy groups -OCH3 is 1. The van der Waals surface area contributed by atoms with E-state index in [2.05, 4.69) is 41.5 Å². The number of rotatable bonds is 7. The second-order valence-electron chi connectivity index (χ2n) is 7.99. The fourth-order valence-electron chi connectivity index (χ4n) is 3.79. The highest BCUT2D eigenvalue weighted by Gasteiger charge is 2.21. The van der Waals surface area contributed by atoms with Gasteiger partial charge in [0.15, 0.2) is 5.65 Å². The Morgan fingerprint density at radius 2 is 1.87 bits per heavy atom. The van der Waals surface area contributed by atoms with Gasteiger partial charge in [-0.2, -0.15) is 19.6 Å². The molecule has 0 bridgehead atoms. The van der Waals surface area contributed by atoms with E-state index in [1.54, 1.807) is 11.6 Å². The molecule has 4 rings (SSSR count). The summed E-state index contributed by atoms with van der Waals surface area (Å²) in [6, 6.07) is 8.32. The van der Waals surface area contributed by atoms with Crippen LogP contribution in [0.5, 0.6) is 11.8 Å². The van der Waals surface area contributed by atoms with Crippen LogP contribution >= 0.6 is 0 Å². The summed E-state index contributed by atoms with van der Waals surface area (Å²) in [5.41, 5.74) is 2.89. The first-order valence-electron chi connectivity index (χ1n) is 10.6. The van der Waals surface area contributed by atoms with Crippen molar-refractivity contribution in [2.45, 2.75) is 51.7 Å². The third-order valence-electron chi connectivity index (χ3n) is 5.51. The first-order chi connectivity index (χ1) is 14.6. The van der Waals surface area contributed by atoms with Crippen molar-refractivity contribution in [3.8, 4) is 11.8 Å². The Labute approximate surface area is 177 Å². The van der Waals surface area contributed by atoms with Crippen LogP contribution in [-0.4, -0.2) is 45.9 Å². The molecule has 2 N–H and O–H groups in total. The summed E-state index contributed by atoms with van der Waals surface area (Å²) in [6.45, 7) is 8.25. The number of fused-ring (bicyclic) bond motifs is 1. The summed E-state index contributed by atoms with van der Waals surface area (Å²) in [7, 11) is 1.68. The van der Waals surface area contributed by atoms with E-state index in [1.807, 2.05) is 30.5 Å². The molecule has 0 unspecified atom stereocenters. The normalized spacial score (nSPS) is 16.0. The molecule has 1 atom stereocenters. The van der Waals surface area contributed by atoms with E-state index in [0.717, 1.165) is 48.5 Å². The molecule has 0 aliphatic carbocycles. The van der Waals surface area contributed by atoms with Gasteiger partial charge in [-0.25, -0.2) is 0 Å². The highest BCUT2D eigenvalue weighted by molar-refractivity contribution is 5.53. The fourth-order valence-corrected chi connectivity index (χ4v) is 3.79. The molecule has 160 valence electrons. The molecule has 1 aliphatic heterocycles. The molecule has 0 saturated carbocycles. The van der Waals surface area contributed by atoms with Gasteiger partial charge in [-0.1, -0.05) is 32.0 Å². The van der Waals surface area contributed by atoms with Crippen molar-refractivity contribution in [3.05, 3.63) is 41.6 Å². The second kappa shape index (κ2) is 8.87. The van der Waals surface area contributed by atoms with E-state index in [4.69, 9.17) is 14.5 Å². The molecule has 3 heterocycles. The number of piperidine rings is 1. The highest BCUT2D eigenvalue weighted by atomic mass is 16.5. The van der Waals surface area contributed by atoms with Gasteiger partial charge in [0, 0.05) is 11.1 Å². The Morgan fingerprint density at radius 1 is 1.10 bits per heavy atom. The minimum Gasteiger partial charge on any atom is -0.496 e. The van der Waals surface area contributed by atoms with Crippen molar-refractivity contribution in [1.82, 2.24) is 24.9 Å². The van der Waals surface area contributed by atoms with Gasteiger partial charge in [-0.15, -0.1) is 0 Å². The molecule has 2 aromatic heterocycles. The minimum atomic E-state index is -0.0438. The number of anilines is 1. The zero-order valence-corrected chi connectivity index (χ0v) is 18.1. The summed E-state index contributed by atoms with van der Waals surface area (Å²) in [4.78, 5) is 9.39. The SMILES string of the molecule is COc1ccccc1[C@H](C)Nc1nc(OC2CCNCC2)nc2c(C(C)C)cnn12. The number of aromatic nitrogens is 4. The first kappa shape index (κ1) is 20.4.